The van der Waals surface area contributed by atoms with Crippen LogP contribution >= 0.6 is 0 Å². The summed E-state index contributed by atoms with van der Waals surface area (Å²) in [6, 6.07) is 88.2. The average molecular weight is 1020 g/mol. The van der Waals surface area contributed by atoms with Crippen molar-refractivity contribution >= 4 is 46.0 Å². The highest BCUT2D eigenvalue weighted by atomic mass is 15.1. The van der Waals surface area contributed by atoms with Crippen molar-refractivity contribution in [3.63, 3.8) is 0 Å². The van der Waals surface area contributed by atoms with Gasteiger partial charge in [-0.3, -0.25) is 0 Å². The van der Waals surface area contributed by atoms with Crippen LogP contribution in [0.2, 0.25) is 0 Å². The summed E-state index contributed by atoms with van der Waals surface area (Å²) in [5.41, 5.74) is 19.4. The van der Waals surface area contributed by atoms with Gasteiger partial charge in [0, 0.05) is 75.1 Å². The molecule has 9 aromatic rings. The van der Waals surface area contributed by atoms with Gasteiger partial charge in [-0.1, -0.05) is 231 Å². The molecule has 78 heavy (non-hydrogen) atoms. The van der Waals surface area contributed by atoms with Crippen molar-refractivity contribution in [1.29, 1.82) is 0 Å². The van der Waals surface area contributed by atoms with E-state index in [2.05, 4.69) is 326 Å². The molecule has 9 aromatic carbocycles. The quantitative estimate of drug-likeness (QED) is 0.0559. The monoisotopic (exact) mass is 1020 g/mol. The van der Waals surface area contributed by atoms with Gasteiger partial charge >= 0.3 is 0 Å². The standard InChI is InChI=1S/C74H74N4/c1-5-75(6-2)69-47-39-65(40-48-69)73(67-43-51-71(52-44-67)77(55-61-23-13-9-14-24-61)56-62-25-15-10-16-26-62)33-21-31-59-35-37-60(38-36-59)32-22-34-74(66-41-49-70(50-42-66)76(7-3)8-4)68-45-53-72(54-46-68)78(57-63-27-17-11-18-28-63)58-64-29-19-12-20-30-64/h9-54H,5-8,55-58H2,1-4H3. The molecule has 0 aliphatic carbocycles. The highest BCUT2D eigenvalue weighted by molar-refractivity contribution is 5.84. The number of hydrogen-bond acceptors (Lipinski definition) is 4. The van der Waals surface area contributed by atoms with Gasteiger partial charge in [-0.05, 0) is 143 Å². The molecule has 0 spiro atoms. The molecular weight excluding hydrogens is 945 g/mol. The van der Waals surface area contributed by atoms with Crippen molar-refractivity contribution in [3.05, 3.63) is 323 Å². The molecule has 0 aliphatic rings. The van der Waals surface area contributed by atoms with E-state index in [0.29, 0.717) is 0 Å². The SMILES string of the molecule is CCN(CC)c1ccc(C(=CC=Cc2ccc(C=CC=C(c3ccc(N(CC)CC)cc3)c3ccc(N(Cc4ccccc4)Cc4ccccc4)cc3)cc2)c2ccc(N(Cc3ccccc3)Cc3ccccc3)cc2)cc1. The maximum Gasteiger partial charge on any atom is 0.0433 e. The second-order valence-corrected chi connectivity index (χ2v) is 19.7. The Bertz CT molecular complexity index is 3010. The van der Waals surface area contributed by atoms with Crippen LogP contribution in [0, 0.1) is 0 Å². The summed E-state index contributed by atoms with van der Waals surface area (Å²) < 4.78 is 0. The highest BCUT2D eigenvalue weighted by Gasteiger charge is 2.14. The van der Waals surface area contributed by atoms with Crippen LogP contribution in [0.15, 0.2) is 267 Å². The number of allylic oxidation sites excluding steroid dienone is 4. The maximum atomic E-state index is 2.46. The molecule has 4 nitrogen and oxygen atoms in total. The molecular formula is C74H74N4. The molecule has 0 saturated carbocycles. The van der Waals surface area contributed by atoms with Gasteiger partial charge in [-0.2, -0.15) is 0 Å². The molecule has 0 N–H and O–H groups in total. The lowest BCUT2D eigenvalue weighted by atomic mass is 9.96. The summed E-state index contributed by atoms with van der Waals surface area (Å²) in [7, 11) is 0. The van der Waals surface area contributed by atoms with Crippen LogP contribution in [0.5, 0.6) is 0 Å². The molecule has 0 aliphatic heterocycles. The maximum absolute atomic E-state index is 2.46. The van der Waals surface area contributed by atoms with E-state index in [-0.39, 0.29) is 0 Å². The van der Waals surface area contributed by atoms with Crippen LogP contribution in [0.1, 0.15) is 83.3 Å². The summed E-state index contributed by atoms with van der Waals surface area (Å²) in [4.78, 5) is 9.71. The third-order valence-corrected chi connectivity index (χ3v) is 14.6. The topological polar surface area (TPSA) is 13.0 Å². The molecule has 0 saturated heterocycles. The Morgan fingerprint density at radius 3 is 0.731 bits per heavy atom. The Morgan fingerprint density at radius 2 is 0.500 bits per heavy atom. The predicted molar refractivity (Wildman–Crippen MR) is 337 cm³/mol. The van der Waals surface area contributed by atoms with Gasteiger partial charge in [0.1, 0.15) is 0 Å². The fourth-order valence-electron chi connectivity index (χ4n) is 10.2. The lowest BCUT2D eigenvalue weighted by Crippen LogP contribution is -2.22. The molecule has 0 heterocycles. The molecule has 0 atom stereocenters. The number of hydrogen-bond donors (Lipinski definition) is 0. The zero-order valence-corrected chi connectivity index (χ0v) is 46.0. The Hall–Kier alpha value is -8.86. The van der Waals surface area contributed by atoms with Crippen molar-refractivity contribution in [3.8, 4) is 0 Å². The van der Waals surface area contributed by atoms with Crippen molar-refractivity contribution in [2.45, 2.75) is 53.9 Å². The van der Waals surface area contributed by atoms with Crippen LogP contribution in [0.3, 0.4) is 0 Å². The molecule has 4 heteroatoms. The second-order valence-electron chi connectivity index (χ2n) is 19.7. The van der Waals surface area contributed by atoms with Gasteiger partial charge < -0.3 is 19.6 Å². The fourth-order valence-corrected chi connectivity index (χ4v) is 10.2. The van der Waals surface area contributed by atoms with Crippen molar-refractivity contribution in [1.82, 2.24) is 0 Å². The zero-order valence-electron chi connectivity index (χ0n) is 46.0. The summed E-state index contributed by atoms with van der Waals surface area (Å²) >= 11 is 0. The first-order chi connectivity index (χ1) is 38.5. The minimum Gasteiger partial charge on any atom is -0.372 e. The van der Waals surface area contributed by atoms with Crippen molar-refractivity contribution < 1.29 is 0 Å². The molecule has 0 bridgehead atoms. The molecule has 390 valence electrons. The first-order valence-corrected chi connectivity index (χ1v) is 27.9. The van der Waals surface area contributed by atoms with E-state index in [9.17, 15) is 0 Å². The Morgan fingerprint density at radius 1 is 0.269 bits per heavy atom. The van der Waals surface area contributed by atoms with Crippen LogP contribution in [-0.4, -0.2) is 26.2 Å². The van der Waals surface area contributed by atoms with Gasteiger partial charge in [-0.15, -0.1) is 0 Å². The third kappa shape index (κ3) is 14.7. The molecule has 0 fully saturated rings. The van der Waals surface area contributed by atoms with Crippen molar-refractivity contribution in [2.75, 3.05) is 45.8 Å². The van der Waals surface area contributed by atoms with E-state index in [0.717, 1.165) is 63.5 Å². The number of anilines is 4. The molecule has 0 radical (unpaired) electrons. The predicted octanol–water partition coefficient (Wildman–Crippen LogP) is 18.1. The van der Waals surface area contributed by atoms with Gasteiger partial charge in [-0.25, -0.2) is 0 Å². The van der Waals surface area contributed by atoms with Crippen molar-refractivity contribution in [2.24, 2.45) is 0 Å². The van der Waals surface area contributed by atoms with E-state index in [4.69, 9.17) is 0 Å². The lowest BCUT2D eigenvalue weighted by Gasteiger charge is -2.26. The number of rotatable bonds is 24. The van der Waals surface area contributed by atoms with E-state index in [1.807, 2.05) is 0 Å². The van der Waals surface area contributed by atoms with Gasteiger partial charge in [0.25, 0.3) is 0 Å². The molecule has 0 aromatic heterocycles. The highest BCUT2D eigenvalue weighted by Crippen LogP contribution is 2.32. The van der Waals surface area contributed by atoms with Gasteiger partial charge in [0.15, 0.2) is 0 Å². The lowest BCUT2D eigenvalue weighted by molar-refractivity contribution is 0.800. The minimum atomic E-state index is 0.825. The Labute approximate surface area is 465 Å². The van der Waals surface area contributed by atoms with Crippen LogP contribution in [0.25, 0.3) is 23.3 Å². The fraction of sp³-hybridized carbons (Fsp3) is 0.162. The summed E-state index contributed by atoms with van der Waals surface area (Å²) in [6.07, 6.45) is 13.3. The Kier molecular flexibility index (Phi) is 19.2. The van der Waals surface area contributed by atoms with E-state index >= 15 is 0 Å². The zero-order chi connectivity index (χ0) is 53.7. The smallest absolute Gasteiger partial charge is 0.0433 e. The number of nitrogens with zero attached hydrogens (tertiary/aromatic N) is 4. The summed E-state index contributed by atoms with van der Waals surface area (Å²) in [5, 5.41) is 0. The summed E-state index contributed by atoms with van der Waals surface area (Å²) in [5.74, 6) is 0. The average Bonchev–Trinajstić information content (AvgIpc) is 3.50. The summed E-state index contributed by atoms with van der Waals surface area (Å²) in [6.45, 7) is 16.1. The van der Waals surface area contributed by atoms with Gasteiger partial charge in [0.05, 0.1) is 0 Å². The van der Waals surface area contributed by atoms with Crippen LogP contribution in [-0.2, 0) is 26.2 Å². The van der Waals surface area contributed by atoms with E-state index < -0.39 is 0 Å². The molecule has 9 rings (SSSR count). The first kappa shape index (κ1) is 53.9. The minimum absolute atomic E-state index is 0.825. The normalized spacial score (nSPS) is 11.8. The van der Waals surface area contributed by atoms with E-state index in [1.165, 1.54) is 78.4 Å². The molecule has 0 unspecified atom stereocenters. The Balaban J connectivity index is 0.964. The largest absolute Gasteiger partial charge is 0.372 e. The second kappa shape index (κ2) is 27.8. The van der Waals surface area contributed by atoms with Crippen LogP contribution < -0.4 is 19.6 Å². The van der Waals surface area contributed by atoms with E-state index in [1.54, 1.807) is 0 Å². The first-order valence-electron chi connectivity index (χ1n) is 27.9. The third-order valence-electron chi connectivity index (χ3n) is 14.6. The molecule has 0 amide bonds. The van der Waals surface area contributed by atoms with Gasteiger partial charge in [0.2, 0.25) is 0 Å². The van der Waals surface area contributed by atoms with Crippen LogP contribution in [0.4, 0.5) is 22.7 Å². The number of benzene rings is 9.